The highest BCUT2D eigenvalue weighted by atomic mass is 35.5. The van der Waals surface area contributed by atoms with Gasteiger partial charge in [-0.3, -0.25) is 4.79 Å². The predicted octanol–water partition coefficient (Wildman–Crippen LogP) is 4.27. The van der Waals surface area contributed by atoms with Crippen LogP contribution in [0, 0.1) is 13.8 Å². The maximum Gasteiger partial charge on any atom is 0.340 e. The van der Waals surface area contributed by atoms with Crippen molar-refractivity contribution in [2.24, 2.45) is 0 Å². The molecular weight excluding hydrogens is 356 g/mol. The first kappa shape index (κ1) is 18.0. The smallest absolute Gasteiger partial charge is 0.340 e. The van der Waals surface area contributed by atoms with Crippen LogP contribution in [-0.4, -0.2) is 11.1 Å². The lowest BCUT2D eigenvalue weighted by atomic mass is 10.0. The molecule has 2 aromatic carbocycles. The van der Waals surface area contributed by atoms with Gasteiger partial charge in [-0.15, -0.1) is 0 Å². The molecule has 26 heavy (non-hydrogen) atoms. The summed E-state index contributed by atoms with van der Waals surface area (Å²) in [7, 11) is 0. The molecule has 0 amide bonds. The second kappa shape index (κ2) is 7.22. The fourth-order valence-electron chi connectivity index (χ4n) is 2.87. The second-order valence-corrected chi connectivity index (χ2v) is 6.48. The van der Waals surface area contributed by atoms with E-state index < -0.39 is 11.6 Å². The lowest BCUT2D eigenvalue weighted by Gasteiger charge is -2.13. The molecule has 5 nitrogen and oxygen atoms in total. The lowest BCUT2D eigenvalue weighted by Crippen LogP contribution is -2.15. The monoisotopic (exact) mass is 372 g/mol. The molecule has 6 heteroatoms. The minimum Gasteiger partial charge on any atom is -0.488 e. The van der Waals surface area contributed by atoms with E-state index in [-0.39, 0.29) is 12.0 Å². The molecule has 3 rings (SSSR count). The van der Waals surface area contributed by atoms with E-state index in [1.807, 2.05) is 18.2 Å². The molecule has 0 atom stereocenters. The van der Waals surface area contributed by atoms with Crippen molar-refractivity contribution in [1.82, 2.24) is 0 Å². The lowest BCUT2D eigenvalue weighted by molar-refractivity contribution is -0.136. The molecule has 0 aliphatic carbocycles. The van der Waals surface area contributed by atoms with Gasteiger partial charge in [-0.1, -0.05) is 23.7 Å². The van der Waals surface area contributed by atoms with E-state index in [2.05, 4.69) is 0 Å². The van der Waals surface area contributed by atoms with Gasteiger partial charge in [0.05, 0.1) is 12.0 Å². The summed E-state index contributed by atoms with van der Waals surface area (Å²) in [6.07, 6.45) is -0.365. The zero-order chi connectivity index (χ0) is 18.8. The summed E-state index contributed by atoms with van der Waals surface area (Å²) in [6.45, 7) is 3.85. The molecule has 1 N–H and O–H groups in total. The molecule has 0 aliphatic heterocycles. The maximum absolute atomic E-state index is 12.2. The minimum atomic E-state index is -1.07. The number of hydrogen-bond donors (Lipinski definition) is 1. The average molecular weight is 373 g/mol. The van der Waals surface area contributed by atoms with Gasteiger partial charge >= 0.3 is 11.6 Å². The van der Waals surface area contributed by atoms with Crippen LogP contribution in [0.15, 0.2) is 45.6 Å². The number of fused-ring (bicyclic) bond motifs is 1. The predicted molar refractivity (Wildman–Crippen MR) is 99.1 cm³/mol. The summed E-state index contributed by atoms with van der Waals surface area (Å²) in [5.41, 5.74) is 2.16. The van der Waals surface area contributed by atoms with Crippen molar-refractivity contribution in [3.63, 3.8) is 0 Å². The molecule has 0 spiro atoms. The summed E-state index contributed by atoms with van der Waals surface area (Å²) in [4.78, 5) is 23.1. The van der Waals surface area contributed by atoms with E-state index in [0.29, 0.717) is 39.5 Å². The number of rotatable bonds is 5. The van der Waals surface area contributed by atoms with Crippen LogP contribution in [0.2, 0.25) is 5.02 Å². The Morgan fingerprint density at radius 3 is 2.65 bits per heavy atom. The van der Waals surface area contributed by atoms with Crippen LogP contribution in [0.1, 0.15) is 22.3 Å². The van der Waals surface area contributed by atoms with Crippen molar-refractivity contribution in [1.29, 1.82) is 0 Å². The maximum atomic E-state index is 12.2. The Kier molecular flexibility index (Phi) is 5.00. The molecule has 0 radical (unpaired) electrons. The second-order valence-electron chi connectivity index (χ2n) is 6.05. The molecule has 1 heterocycles. The molecule has 3 aromatic rings. The van der Waals surface area contributed by atoms with Crippen molar-refractivity contribution in [3.05, 3.63) is 74.1 Å². The Balaban J connectivity index is 1.98. The van der Waals surface area contributed by atoms with Crippen LogP contribution < -0.4 is 10.4 Å². The van der Waals surface area contributed by atoms with E-state index >= 15 is 0 Å². The number of carboxylic acid groups (broad SMARTS) is 1. The van der Waals surface area contributed by atoms with E-state index in [4.69, 9.17) is 25.9 Å². The number of benzene rings is 2. The SMILES string of the molecule is Cc1c(CC(=O)O)c(=O)oc2c(C)c(OCc3cccc(Cl)c3)ccc12. The van der Waals surface area contributed by atoms with Gasteiger partial charge in [0, 0.05) is 16.0 Å². The topological polar surface area (TPSA) is 76.7 Å². The number of ether oxygens (including phenoxy) is 1. The number of aryl methyl sites for hydroxylation is 2. The molecular formula is C20H17ClO5. The average Bonchev–Trinajstić information content (AvgIpc) is 2.58. The number of carbonyl (C=O) groups is 1. The van der Waals surface area contributed by atoms with Gasteiger partial charge in [-0.25, -0.2) is 4.79 Å². The Morgan fingerprint density at radius 1 is 1.19 bits per heavy atom. The van der Waals surface area contributed by atoms with Gasteiger partial charge < -0.3 is 14.3 Å². The first-order valence-corrected chi connectivity index (χ1v) is 8.39. The molecule has 0 unspecified atom stereocenters. The Labute approximate surface area is 154 Å². The molecule has 134 valence electrons. The number of carboxylic acids is 1. The zero-order valence-electron chi connectivity index (χ0n) is 14.3. The largest absolute Gasteiger partial charge is 0.488 e. The van der Waals surface area contributed by atoms with E-state index in [9.17, 15) is 9.59 Å². The van der Waals surface area contributed by atoms with Crippen LogP contribution in [0.5, 0.6) is 5.75 Å². The Morgan fingerprint density at radius 2 is 1.96 bits per heavy atom. The highest BCUT2D eigenvalue weighted by molar-refractivity contribution is 6.30. The quantitative estimate of drug-likeness (QED) is 0.677. The summed E-state index contributed by atoms with van der Waals surface area (Å²) in [5.74, 6) is -0.482. The molecule has 0 fully saturated rings. The fourth-order valence-corrected chi connectivity index (χ4v) is 3.08. The zero-order valence-corrected chi connectivity index (χ0v) is 15.1. The van der Waals surface area contributed by atoms with Crippen LogP contribution >= 0.6 is 11.6 Å². The van der Waals surface area contributed by atoms with Crippen LogP contribution in [0.3, 0.4) is 0 Å². The summed E-state index contributed by atoms with van der Waals surface area (Å²) in [6, 6.07) is 10.9. The van der Waals surface area contributed by atoms with Crippen LogP contribution in [0.4, 0.5) is 0 Å². The van der Waals surface area contributed by atoms with Gasteiger partial charge in [0.15, 0.2) is 0 Å². The standard InChI is InChI=1S/C20H17ClO5/c1-11-15-6-7-17(25-10-13-4-3-5-14(21)8-13)12(2)19(15)26-20(24)16(11)9-18(22)23/h3-8H,9-10H2,1-2H3,(H,22,23). The highest BCUT2D eigenvalue weighted by Gasteiger charge is 2.17. The Hall–Kier alpha value is -2.79. The Bertz CT molecular complexity index is 1050. The number of hydrogen-bond acceptors (Lipinski definition) is 4. The van der Waals surface area contributed by atoms with Crippen molar-refractivity contribution in [3.8, 4) is 5.75 Å². The van der Waals surface area contributed by atoms with Crippen LogP contribution in [-0.2, 0) is 17.8 Å². The molecule has 0 saturated carbocycles. The first-order valence-electron chi connectivity index (χ1n) is 8.01. The number of aliphatic carboxylic acids is 1. The van der Waals surface area contributed by atoms with Gasteiger partial charge in [0.1, 0.15) is 17.9 Å². The summed E-state index contributed by atoms with van der Waals surface area (Å²) >= 11 is 5.97. The van der Waals surface area contributed by atoms with Crippen molar-refractivity contribution < 1.29 is 19.1 Å². The summed E-state index contributed by atoms with van der Waals surface area (Å²) in [5, 5.41) is 10.3. The van der Waals surface area contributed by atoms with Gasteiger partial charge in [0.25, 0.3) is 0 Å². The third-order valence-electron chi connectivity index (χ3n) is 4.27. The highest BCUT2D eigenvalue weighted by Crippen LogP contribution is 2.30. The van der Waals surface area contributed by atoms with Gasteiger partial charge in [0.2, 0.25) is 0 Å². The fraction of sp³-hybridized carbons (Fsp3) is 0.200. The van der Waals surface area contributed by atoms with E-state index in [1.165, 1.54) is 0 Å². The third kappa shape index (κ3) is 3.58. The first-order chi connectivity index (χ1) is 12.4. The van der Waals surface area contributed by atoms with E-state index in [0.717, 1.165) is 5.56 Å². The normalized spacial score (nSPS) is 10.9. The van der Waals surface area contributed by atoms with E-state index in [1.54, 1.807) is 32.0 Å². The third-order valence-corrected chi connectivity index (χ3v) is 4.50. The van der Waals surface area contributed by atoms with Gasteiger partial charge in [-0.05, 0) is 49.2 Å². The van der Waals surface area contributed by atoms with Crippen molar-refractivity contribution in [2.45, 2.75) is 26.9 Å². The van der Waals surface area contributed by atoms with Crippen LogP contribution in [0.25, 0.3) is 11.0 Å². The molecule has 0 aliphatic rings. The van der Waals surface area contributed by atoms with Crippen molar-refractivity contribution >= 4 is 28.5 Å². The minimum absolute atomic E-state index is 0.164. The molecule has 0 bridgehead atoms. The van der Waals surface area contributed by atoms with Crippen molar-refractivity contribution in [2.75, 3.05) is 0 Å². The molecule has 0 saturated heterocycles. The summed E-state index contributed by atoms with van der Waals surface area (Å²) < 4.78 is 11.2. The van der Waals surface area contributed by atoms with Gasteiger partial charge in [-0.2, -0.15) is 0 Å². The molecule has 1 aromatic heterocycles. The number of halogens is 1.